The van der Waals surface area contributed by atoms with Gasteiger partial charge in [-0.25, -0.2) is 0 Å². The third kappa shape index (κ3) is 4.14. The normalized spacial score (nSPS) is 16.6. The lowest BCUT2D eigenvalue weighted by Crippen LogP contribution is -2.50. The molecule has 1 fully saturated rings. The Bertz CT molecular complexity index is 469. The molecule has 0 spiro atoms. The first-order chi connectivity index (χ1) is 9.97. The van der Waals surface area contributed by atoms with Gasteiger partial charge in [0.2, 0.25) is 0 Å². The van der Waals surface area contributed by atoms with Gasteiger partial charge in [0.15, 0.2) is 0 Å². The van der Waals surface area contributed by atoms with Gasteiger partial charge in [-0.15, -0.1) is 0 Å². The molecular weight excluding hydrogens is 278 g/mol. The molecule has 1 aromatic carbocycles. The van der Waals surface area contributed by atoms with E-state index in [9.17, 15) is 13.6 Å². The molecule has 0 bridgehead atoms. The van der Waals surface area contributed by atoms with Gasteiger partial charge in [-0.05, 0) is 38.1 Å². The maximum atomic E-state index is 12.3. The van der Waals surface area contributed by atoms with Gasteiger partial charge >= 0.3 is 6.61 Å². The van der Waals surface area contributed by atoms with Crippen molar-refractivity contribution in [2.45, 2.75) is 26.5 Å². The van der Waals surface area contributed by atoms with Crippen LogP contribution in [0.2, 0.25) is 0 Å². The van der Waals surface area contributed by atoms with E-state index in [0.717, 1.165) is 13.1 Å². The fourth-order valence-electron chi connectivity index (χ4n) is 2.40. The molecule has 2 rings (SSSR count). The predicted molar refractivity (Wildman–Crippen MR) is 75.7 cm³/mol. The molecule has 1 saturated heterocycles. The zero-order chi connectivity index (χ0) is 15.4. The largest absolute Gasteiger partial charge is 0.435 e. The Balaban J connectivity index is 1.94. The van der Waals surface area contributed by atoms with Crippen molar-refractivity contribution in [3.05, 3.63) is 29.8 Å². The van der Waals surface area contributed by atoms with Gasteiger partial charge in [-0.1, -0.05) is 0 Å². The summed E-state index contributed by atoms with van der Waals surface area (Å²) in [7, 11) is 0. The molecule has 1 heterocycles. The Morgan fingerprint density at radius 1 is 1.10 bits per heavy atom. The molecule has 0 aliphatic carbocycles. The summed E-state index contributed by atoms with van der Waals surface area (Å²) in [5.41, 5.74) is 0.495. The van der Waals surface area contributed by atoms with Crippen molar-refractivity contribution in [3.63, 3.8) is 0 Å². The Kier molecular flexibility index (Phi) is 5.12. The lowest BCUT2D eigenvalue weighted by Gasteiger charge is -2.37. The number of halogens is 2. The first-order valence-electron chi connectivity index (χ1n) is 7.05. The molecule has 0 radical (unpaired) electrons. The second-order valence-corrected chi connectivity index (χ2v) is 5.32. The number of hydrogen-bond acceptors (Lipinski definition) is 3. The topological polar surface area (TPSA) is 32.8 Å². The molecule has 4 nitrogen and oxygen atoms in total. The number of ether oxygens (including phenoxy) is 1. The predicted octanol–water partition coefficient (Wildman–Crippen LogP) is 2.45. The van der Waals surface area contributed by atoms with Gasteiger partial charge in [-0.2, -0.15) is 8.78 Å². The summed E-state index contributed by atoms with van der Waals surface area (Å²) in [5.74, 6) is -0.00631. The number of amides is 1. The Morgan fingerprint density at radius 2 is 1.67 bits per heavy atom. The zero-order valence-electron chi connectivity index (χ0n) is 12.3. The maximum absolute atomic E-state index is 12.3. The van der Waals surface area contributed by atoms with Gasteiger partial charge in [0.05, 0.1) is 0 Å². The van der Waals surface area contributed by atoms with Crippen LogP contribution in [-0.2, 0) is 0 Å². The molecule has 0 unspecified atom stereocenters. The average molecular weight is 298 g/mol. The molecule has 0 atom stereocenters. The molecule has 6 heteroatoms. The number of alkyl halides is 2. The van der Waals surface area contributed by atoms with E-state index in [4.69, 9.17) is 0 Å². The lowest BCUT2D eigenvalue weighted by molar-refractivity contribution is -0.0498. The van der Waals surface area contributed by atoms with Crippen molar-refractivity contribution < 1.29 is 18.3 Å². The first-order valence-corrected chi connectivity index (χ1v) is 7.05. The van der Waals surface area contributed by atoms with Crippen molar-refractivity contribution >= 4 is 5.91 Å². The minimum atomic E-state index is -2.85. The SMILES string of the molecule is CC(C)N1CCN(C(=O)c2ccc(OC(F)F)cc2)CC1. The van der Waals surface area contributed by atoms with E-state index in [2.05, 4.69) is 23.5 Å². The second kappa shape index (κ2) is 6.85. The van der Waals surface area contributed by atoms with Crippen LogP contribution >= 0.6 is 0 Å². The van der Waals surface area contributed by atoms with Gasteiger partial charge < -0.3 is 9.64 Å². The van der Waals surface area contributed by atoms with Crippen molar-refractivity contribution in [1.29, 1.82) is 0 Å². The van der Waals surface area contributed by atoms with E-state index in [1.165, 1.54) is 24.3 Å². The molecule has 116 valence electrons. The van der Waals surface area contributed by atoms with Crippen LogP contribution in [-0.4, -0.2) is 54.5 Å². The van der Waals surface area contributed by atoms with Gasteiger partial charge in [0.1, 0.15) is 5.75 Å². The zero-order valence-corrected chi connectivity index (χ0v) is 12.3. The summed E-state index contributed by atoms with van der Waals surface area (Å²) in [6.45, 7) is 4.51. The van der Waals surface area contributed by atoms with E-state index in [1.54, 1.807) is 4.90 Å². The fraction of sp³-hybridized carbons (Fsp3) is 0.533. The molecule has 1 aliphatic rings. The summed E-state index contributed by atoms with van der Waals surface area (Å²) < 4.78 is 28.4. The smallest absolute Gasteiger partial charge is 0.387 e. The standard InChI is InChI=1S/C15H20F2N2O2/c1-11(2)18-7-9-19(10-8-18)14(20)12-3-5-13(6-4-12)21-15(16)17/h3-6,11,15H,7-10H2,1-2H3. The molecular formula is C15H20F2N2O2. The van der Waals surface area contributed by atoms with Gasteiger partial charge in [0.25, 0.3) is 5.91 Å². The Hall–Kier alpha value is -1.69. The quantitative estimate of drug-likeness (QED) is 0.856. The molecule has 0 saturated carbocycles. The maximum Gasteiger partial charge on any atom is 0.387 e. The summed E-state index contributed by atoms with van der Waals surface area (Å²) in [6.07, 6.45) is 0. The van der Waals surface area contributed by atoms with E-state index >= 15 is 0 Å². The van der Waals surface area contributed by atoms with Crippen LogP contribution in [0.1, 0.15) is 24.2 Å². The van der Waals surface area contributed by atoms with Crippen molar-refractivity contribution in [2.24, 2.45) is 0 Å². The third-order valence-corrected chi connectivity index (χ3v) is 3.66. The molecule has 1 aliphatic heterocycles. The number of nitrogens with zero attached hydrogens (tertiary/aromatic N) is 2. The van der Waals surface area contributed by atoms with Crippen molar-refractivity contribution in [3.8, 4) is 5.75 Å². The highest BCUT2D eigenvalue weighted by molar-refractivity contribution is 5.94. The summed E-state index contributed by atoms with van der Waals surface area (Å²) in [5, 5.41) is 0. The number of benzene rings is 1. The second-order valence-electron chi connectivity index (χ2n) is 5.32. The number of rotatable bonds is 4. The summed E-state index contributed by atoms with van der Waals surface area (Å²) >= 11 is 0. The number of carbonyl (C=O) groups is 1. The van der Waals surface area contributed by atoms with E-state index < -0.39 is 6.61 Å². The van der Waals surface area contributed by atoms with Crippen LogP contribution in [0.15, 0.2) is 24.3 Å². The van der Waals surface area contributed by atoms with E-state index in [1.807, 2.05) is 0 Å². The highest BCUT2D eigenvalue weighted by Crippen LogP contribution is 2.17. The van der Waals surface area contributed by atoms with Crippen LogP contribution in [0.5, 0.6) is 5.75 Å². The molecule has 1 aromatic rings. The first kappa shape index (κ1) is 15.7. The Labute approximate surface area is 123 Å². The monoisotopic (exact) mass is 298 g/mol. The van der Waals surface area contributed by atoms with Crippen LogP contribution in [0.25, 0.3) is 0 Å². The van der Waals surface area contributed by atoms with Crippen LogP contribution in [0.3, 0.4) is 0 Å². The van der Waals surface area contributed by atoms with Gasteiger partial charge in [0, 0.05) is 37.8 Å². The number of hydrogen-bond donors (Lipinski definition) is 0. The highest BCUT2D eigenvalue weighted by atomic mass is 19.3. The molecule has 0 aromatic heterocycles. The van der Waals surface area contributed by atoms with E-state index in [-0.39, 0.29) is 11.7 Å². The van der Waals surface area contributed by atoms with E-state index in [0.29, 0.717) is 24.7 Å². The number of piperazine rings is 1. The minimum Gasteiger partial charge on any atom is -0.435 e. The molecule has 21 heavy (non-hydrogen) atoms. The van der Waals surface area contributed by atoms with Crippen molar-refractivity contribution in [2.75, 3.05) is 26.2 Å². The third-order valence-electron chi connectivity index (χ3n) is 3.66. The van der Waals surface area contributed by atoms with Crippen molar-refractivity contribution in [1.82, 2.24) is 9.80 Å². The lowest BCUT2D eigenvalue weighted by atomic mass is 10.1. The molecule has 0 N–H and O–H groups in total. The fourth-order valence-corrected chi connectivity index (χ4v) is 2.40. The van der Waals surface area contributed by atoms with Crippen LogP contribution in [0, 0.1) is 0 Å². The highest BCUT2D eigenvalue weighted by Gasteiger charge is 2.23. The van der Waals surface area contributed by atoms with Crippen LogP contribution in [0.4, 0.5) is 8.78 Å². The van der Waals surface area contributed by atoms with Gasteiger partial charge in [-0.3, -0.25) is 9.69 Å². The van der Waals surface area contributed by atoms with Crippen LogP contribution < -0.4 is 4.74 Å². The average Bonchev–Trinajstić information content (AvgIpc) is 2.47. The Morgan fingerprint density at radius 3 is 2.14 bits per heavy atom. The minimum absolute atomic E-state index is 0.0613. The summed E-state index contributed by atoms with van der Waals surface area (Å²) in [6, 6.07) is 6.31. The summed E-state index contributed by atoms with van der Waals surface area (Å²) in [4.78, 5) is 16.4. The number of carbonyl (C=O) groups excluding carboxylic acids is 1. The molecule has 1 amide bonds.